The molecule has 3 unspecified atom stereocenters. The monoisotopic (exact) mass is 274 g/mol. The van der Waals surface area contributed by atoms with Crippen LogP contribution in [0.5, 0.6) is 0 Å². The van der Waals surface area contributed by atoms with Crippen LogP contribution in [-0.4, -0.2) is 24.0 Å². The first-order chi connectivity index (χ1) is 9.60. The van der Waals surface area contributed by atoms with Crippen molar-refractivity contribution in [3.05, 3.63) is 35.4 Å². The normalized spacial score (nSPS) is 27.7. The van der Waals surface area contributed by atoms with Crippen molar-refractivity contribution in [2.75, 3.05) is 13.1 Å². The van der Waals surface area contributed by atoms with Gasteiger partial charge in [-0.3, -0.25) is 4.90 Å². The molecule has 2 nitrogen and oxygen atoms in total. The summed E-state index contributed by atoms with van der Waals surface area (Å²) in [5, 5.41) is 3.37. The molecule has 2 rings (SSSR count). The fraction of sp³-hybridized carbons (Fsp3) is 0.667. The number of nitrogens with zero attached hydrogens (tertiary/aromatic N) is 1. The molecule has 0 aromatic heterocycles. The van der Waals surface area contributed by atoms with E-state index in [1.54, 1.807) is 0 Å². The van der Waals surface area contributed by atoms with E-state index in [1.807, 2.05) is 0 Å². The Kier molecular flexibility index (Phi) is 5.62. The zero-order valence-electron chi connectivity index (χ0n) is 13.5. The van der Waals surface area contributed by atoms with Gasteiger partial charge < -0.3 is 5.32 Å². The fourth-order valence-corrected chi connectivity index (χ4v) is 3.31. The second-order valence-corrected chi connectivity index (χ2v) is 6.59. The Labute approximate surface area is 124 Å². The molecule has 0 saturated carbocycles. The molecule has 112 valence electrons. The standard InChI is InChI=1S/C18H30N2/c1-5-19-11-17-6-8-18(9-7-17)13-20-12-14(2)10-15(3)16(20)4/h6-9,14-16,19H,5,10-13H2,1-4H3. The molecule has 1 aliphatic rings. The third kappa shape index (κ3) is 4.07. The Morgan fingerprint density at radius 2 is 1.75 bits per heavy atom. The molecule has 2 heteroatoms. The first-order valence-corrected chi connectivity index (χ1v) is 8.12. The number of piperidine rings is 1. The lowest BCUT2D eigenvalue weighted by molar-refractivity contribution is 0.0729. The Balaban J connectivity index is 1.95. The molecule has 0 aliphatic carbocycles. The Morgan fingerprint density at radius 1 is 1.10 bits per heavy atom. The van der Waals surface area contributed by atoms with Crippen LogP contribution in [0.3, 0.4) is 0 Å². The molecule has 0 amide bonds. The average molecular weight is 274 g/mol. The third-order valence-electron chi connectivity index (χ3n) is 4.71. The molecule has 1 fully saturated rings. The second-order valence-electron chi connectivity index (χ2n) is 6.59. The second kappa shape index (κ2) is 7.24. The number of benzene rings is 1. The van der Waals surface area contributed by atoms with Crippen LogP contribution < -0.4 is 5.32 Å². The van der Waals surface area contributed by atoms with E-state index < -0.39 is 0 Å². The third-order valence-corrected chi connectivity index (χ3v) is 4.71. The Hall–Kier alpha value is -0.860. The van der Waals surface area contributed by atoms with Gasteiger partial charge in [0.2, 0.25) is 0 Å². The van der Waals surface area contributed by atoms with Crippen molar-refractivity contribution in [1.29, 1.82) is 0 Å². The van der Waals surface area contributed by atoms with E-state index in [9.17, 15) is 0 Å². The summed E-state index contributed by atoms with van der Waals surface area (Å²) in [4.78, 5) is 2.65. The zero-order chi connectivity index (χ0) is 14.5. The van der Waals surface area contributed by atoms with E-state index in [4.69, 9.17) is 0 Å². The molecule has 1 saturated heterocycles. The van der Waals surface area contributed by atoms with Crippen molar-refractivity contribution in [1.82, 2.24) is 10.2 Å². The summed E-state index contributed by atoms with van der Waals surface area (Å²) < 4.78 is 0. The van der Waals surface area contributed by atoms with E-state index >= 15 is 0 Å². The smallest absolute Gasteiger partial charge is 0.0236 e. The molecule has 1 N–H and O–H groups in total. The molecule has 3 atom stereocenters. The van der Waals surface area contributed by atoms with Crippen molar-refractivity contribution in [2.24, 2.45) is 11.8 Å². The SMILES string of the molecule is CCNCc1ccc(CN2CC(C)CC(C)C2C)cc1. The van der Waals surface area contributed by atoms with Crippen molar-refractivity contribution < 1.29 is 0 Å². The number of nitrogens with one attached hydrogen (secondary N) is 1. The van der Waals surface area contributed by atoms with Gasteiger partial charge in [0.25, 0.3) is 0 Å². The van der Waals surface area contributed by atoms with Gasteiger partial charge in [0.15, 0.2) is 0 Å². The van der Waals surface area contributed by atoms with Gasteiger partial charge >= 0.3 is 0 Å². The molecule has 1 aromatic carbocycles. The molecule has 0 bridgehead atoms. The van der Waals surface area contributed by atoms with Crippen LogP contribution in [0.1, 0.15) is 45.2 Å². The molecule has 1 heterocycles. The van der Waals surface area contributed by atoms with Gasteiger partial charge in [-0.25, -0.2) is 0 Å². The molecule has 1 aliphatic heterocycles. The maximum absolute atomic E-state index is 3.37. The van der Waals surface area contributed by atoms with Gasteiger partial charge in [-0.05, 0) is 42.9 Å². The van der Waals surface area contributed by atoms with E-state index in [1.165, 1.54) is 24.1 Å². The number of hydrogen-bond acceptors (Lipinski definition) is 2. The van der Waals surface area contributed by atoms with E-state index in [0.29, 0.717) is 6.04 Å². The first-order valence-electron chi connectivity index (χ1n) is 8.12. The molecule has 0 spiro atoms. The zero-order valence-corrected chi connectivity index (χ0v) is 13.5. The average Bonchev–Trinajstić information content (AvgIpc) is 2.43. The highest BCUT2D eigenvalue weighted by molar-refractivity contribution is 5.22. The highest BCUT2D eigenvalue weighted by Gasteiger charge is 2.28. The van der Waals surface area contributed by atoms with Crippen LogP contribution in [0.15, 0.2) is 24.3 Å². The molecule has 1 aromatic rings. The summed E-state index contributed by atoms with van der Waals surface area (Å²) >= 11 is 0. The van der Waals surface area contributed by atoms with Crippen molar-refractivity contribution in [2.45, 2.75) is 53.2 Å². The Bertz CT molecular complexity index is 398. The number of hydrogen-bond donors (Lipinski definition) is 1. The summed E-state index contributed by atoms with van der Waals surface area (Å²) in [6.07, 6.45) is 1.37. The van der Waals surface area contributed by atoms with Crippen molar-refractivity contribution in [3.8, 4) is 0 Å². The van der Waals surface area contributed by atoms with Gasteiger partial charge in [-0.15, -0.1) is 0 Å². The van der Waals surface area contributed by atoms with E-state index in [0.717, 1.165) is 31.5 Å². The molecule has 20 heavy (non-hydrogen) atoms. The minimum absolute atomic E-state index is 0.702. The van der Waals surface area contributed by atoms with Crippen LogP contribution in [0.25, 0.3) is 0 Å². The van der Waals surface area contributed by atoms with Crippen LogP contribution in [0.4, 0.5) is 0 Å². The molecular weight excluding hydrogens is 244 g/mol. The topological polar surface area (TPSA) is 15.3 Å². The van der Waals surface area contributed by atoms with Crippen LogP contribution >= 0.6 is 0 Å². The Morgan fingerprint density at radius 3 is 2.40 bits per heavy atom. The minimum Gasteiger partial charge on any atom is -0.313 e. The van der Waals surface area contributed by atoms with E-state index in [-0.39, 0.29) is 0 Å². The fourth-order valence-electron chi connectivity index (χ4n) is 3.31. The highest BCUT2D eigenvalue weighted by Crippen LogP contribution is 2.28. The van der Waals surface area contributed by atoms with Gasteiger partial charge in [0.05, 0.1) is 0 Å². The predicted molar refractivity (Wildman–Crippen MR) is 86.6 cm³/mol. The summed E-state index contributed by atoms with van der Waals surface area (Å²) in [6, 6.07) is 9.82. The lowest BCUT2D eigenvalue weighted by atomic mass is 9.86. The van der Waals surface area contributed by atoms with Gasteiger partial charge in [0.1, 0.15) is 0 Å². The minimum atomic E-state index is 0.702. The van der Waals surface area contributed by atoms with Crippen molar-refractivity contribution >= 4 is 0 Å². The summed E-state index contributed by atoms with van der Waals surface area (Å²) in [5.41, 5.74) is 2.82. The maximum atomic E-state index is 3.37. The van der Waals surface area contributed by atoms with Crippen LogP contribution in [0, 0.1) is 11.8 Å². The van der Waals surface area contributed by atoms with Gasteiger partial charge in [-0.1, -0.05) is 45.0 Å². The highest BCUT2D eigenvalue weighted by atomic mass is 15.2. The quantitative estimate of drug-likeness (QED) is 0.881. The van der Waals surface area contributed by atoms with Crippen LogP contribution in [-0.2, 0) is 13.1 Å². The predicted octanol–water partition coefficient (Wildman–Crippen LogP) is 3.66. The van der Waals surface area contributed by atoms with Gasteiger partial charge in [-0.2, -0.15) is 0 Å². The first kappa shape index (κ1) is 15.5. The van der Waals surface area contributed by atoms with Crippen LogP contribution in [0.2, 0.25) is 0 Å². The number of likely N-dealkylation sites (tertiary alicyclic amines) is 1. The summed E-state index contributed by atoms with van der Waals surface area (Å²) in [7, 11) is 0. The number of rotatable bonds is 5. The van der Waals surface area contributed by atoms with E-state index in [2.05, 4.69) is 62.2 Å². The lowest BCUT2D eigenvalue weighted by Gasteiger charge is -2.41. The summed E-state index contributed by atoms with van der Waals surface area (Å²) in [6.45, 7) is 13.7. The van der Waals surface area contributed by atoms with Gasteiger partial charge in [0, 0.05) is 25.7 Å². The molecule has 0 radical (unpaired) electrons. The summed E-state index contributed by atoms with van der Waals surface area (Å²) in [5.74, 6) is 1.64. The maximum Gasteiger partial charge on any atom is 0.0236 e. The lowest BCUT2D eigenvalue weighted by Crippen LogP contribution is -2.45. The largest absolute Gasteiger partial charge is 0.313 e. The molecular formula is C18H30N2. The van der Waals surface area contributed by atoms with Crippen molar-refractivity contribution in [3.63, 3.8) is 0 Å².